The fourth-order valence-electron chi connectivity index (χ4n) is 1.97. The molecule has 2 aromatic heterocycles. The van der Waals surface area contributed by atoms with Gasteiger partial charge in [0.1, 0.15) is 0 Å². The summed E-state index contributed by atoms with van der Waals surface area (Å²) in [6.45, 7) is 0. The highest BCUT2D eigenvalue weighted by Gasteiger charge is 2.33. The average Bonchev–Trinajstić information content (AvgIpc) is 2.98. The van der Waals surface area contributed by atoms with Gasteiger partial charge >= 0.3 is 6.18 Å². The Morgan fingerprint density at radius 1 is 1.23 bits per heavy atom. The Labute approximate surface area is 126 Å². The van der Waals surface area contributed by atoms with E-state index in [1.165, 1.54) is 35.7 Å². The Kier molecular flexibility index (Phi) is 3.53. The minimum Gasteiger partial charge on any atom is -0.298 e. The first kappa shape index (κ1) is 14.5. The summed E-state index contributed by atoms with van der Waals surface area (Å²) in [6, 6.07) is 5.11. The number of pyridine rings is 1. The summed E-state index contributed by atoms with van der Waals surface area (Å²) < 4.78 is 38.7. The van der Waals surface area contributed by atoms with Crippen LogP contribution in [0.4, 0.5) is 18.3 Å². The van der Waals surface area contributed by atoms with Gasteiger partial charge in [0.05, 0.1) is 16.6 Å². The zero-order valence-electron chi connectivity index (χ0n) is 10.9. The molecule has 0 saturated heterocycles. The quantitative estimate of drug-likeness (QED) is 0.776. The fraction of sp³-hybridized carbons (Fsp3) is 0.0714. The molecule has 2 heterocycles. The van der Waals surface area contributed by atoms with Gasteiger partial charge in [-0.05, 0) is 12.1 Å². The highest BCUT2D eigenvalue weighted by atomic mass is 32.1. The van der Waals surface area contributed by atoms with Crippen LogP contribution in [-0.2, 0) is 6.18 Å². The highest BCUT2D eigenvalue weighted by molar-refractivity contribution is 7.13. The molecule has 112 valence electrons. The first-order valence-electron chi connectivity index (χ1n) is 6.12. The van der Waals surface area contributed by atoms with Crippen molar-refractivity contribution >= 4 is 33.3 Å². The van der Waals surface area contributed by atoms with Crippen LogP contribution < -0.4 is 5.32 Å². The highest BCUT2D eigenvalue weighted by Crippen LogP contribution is 2.33. The third-order valence-electron chi connectivity index (χ3n) is 2.93. The Balaban J connectivity index is 1.98. The number of alkyl halides is 3. The minimum absolute atomic E-state index is 0.169. The van der Waals surface area contributed by atoms with E-state index in [1.807, 2.05) is 0 Å². The lowest BCUT2D eigenvalue weighted by Crippen LogP contribution is -2.12. The van der Waals surface area contributed by atoms with Gasteiger partial charge in [-0.25, -0.2) is 4.98 Å². The van der Waals surface area contributed by atoms with Crippen LogP contribution in [0.25, 0.3) is 10.9 Å². The van der Waals surface area contributed by atoms with Crippen molar-refractivity contribution in [2.45, 2.75) is 6.18 Å². The third kappa shape index (κ3) is 2.77. The molecule has 8 heteroatoms. The number of carbonyl (C=O) groups excluding carboxylic acids is 1. The Bertz CT molecular complexity index is 831. The number of benzene rings is 1. The lowest BCUT2D eigenvalue weighted by atomic mass is 10.1. The number of amides is 1. The van der Waals surface area contributed by atoms with Crippen LogP contribution in [0, 0.1) is 0 Å². The minimum atomic E-state index is -4.49. The molecule has 0 unspecified atom stereocenters. The number of carbonyl (C=O) groups is 1. The first-order chi connectivity index (χ1) is 10.4. The molecule has 0 aliphatic heterocycles. The van der Waals surface area contributed by atoms with Gasteiger partial charge < -0.3 is 0 Å². The molecule has 1 amide bonds. The van der Waals surface area contributed by atoms with Gasteiger partial charge in [0, 0.05) is 23.2 Å². The number of thiazole rings is 1. The molecule has 0 aliphatic carbocycles. The molecule has 0 spiro atoms. The van der Waals surface area contributed by atoms with E-state index in [1.54, 1.807) is 5.38 Å². The molecule has 0 saturated carbocycles. The van der Waals surface area contributed by atoms with Gasteiger partial charge in [-0.3, -0.25) is 15.1 Å². The molecule has 0 bridgehead atoms. The van der Waals surface area contributed by atoms with Crippen LogP contribution in [0.2, 0.25) is 0 Å². The van der Waals surface area contributed by atoms with Crippen molar-refractivity contribution in [2.75, 3.05) is 5.32 Å². The van der Waals surface area contributed by atoms with Crippen molar-refractivity contribution in [1.29, 1.82) is 0 Å². The summed E-state index contributed by atoms with van der Waals surface area (Å²) in [5, 5.41) is 4.92. The molecule has 0 fully saturated rings. The molecule has 1 aromatic carbocycles. The van der Waals surface area contributed by atoms with Crippen LogP contribution >= 0.6 is 11.3 Å². The smallest absolute Gasteiger partial charge is 0.298 e. The van der Waals surface area contributed by atoms with Crippen LogP contribution in [0.5, 0.6) is 0 Å². The topological polar surface area (TPSA) is 54.9 Å². The molecule has 22 heavy (non-hydrogen) atoms. The second kappa shape index (κ2) is 5.38. The van der Waals surface area contributed by atoms with E-state index in [0.29, 0.717) is 5.13 Å². The predicted octanol–water partition coefficient (Wildman–Crippen LogP) is 3.96. The van der Waals surface area contributed by atoms with Gasteiger partial charge in [-0.2, -0.15) is 13.2 Å². The number of nitrogens with zero attached hydrogens (tertiary/aromatic N) is 2. The zero-order chi connectivity index (χ0) is 15.7. The van der Waals surface area contributed by atoms with E-state index in [9.17, 15) is 18.0 Å². The Morgan fingerprint density at radius 3 is 2.73 bits per heavy atom. The van der Waals surface area contributed by atoms with E-state index in [-0.39, 0.29) is 16.5 Å². The molecule has 0 atom stereocenters. The van der Waals surface area contributed by atoms with E-state index in [2.05, 4.69) is 15.3 Å². The molecular formula is C14H8F3N3OS. The Morgan fingerprint density at radius 2 is 2.05 bits per heavy atom. The van der Waals surface area contributed by atoms with Crippen LogP contribution in [0.1, 0.15) is 15.9 Å². The number of hydrogen-bond acceptors (Lipinski definition) is 4. The standard InChI is InChI=1S/C14H8F3N3OS/c15-14(16,17)10-3-1-2-8-6-9(7-19-11(8)10)12(21)20-13-18-4-5-22-13/h1-7H,(H,18,20,21). The number of halogens is 3. The maximum Gasteiger partial charge on any atom is 0.418 e. The maximum atomic E-state index is 12.9. The number of para-hydroxylation sites is 1. The van der Waals surface area contributed by atoms with Crippen molar-refractivity contribution < 1.29 is 18.0 Å². The van der Waals surface area contributed by atoms with Gasteiger partial charge in [0.15, 0.2) is 5.13 Å². The number of aromatic nitrogens is 2. The first-order valence-corrected chi connectivity index (χ1v) is 7.00. The lowest BCUT2D eigenvalue weighted by molar-refractivity contribution is -0.136. The number of nitrogens with one attached hydrogen (secondary N) is 1. The number of rotatable bonds is 2. The van der Waals surface area contributed by atoms with Crippen molar-refractivity contribution in [3.63, 3.8) is 0 Å². The van der Waals surface area contributed by atoms with E-state index < -0.39 is 17.6 Å². The average molecular weight is 323 g/mol. The van der Waals surface area contributed by atoms with Crippen LogP contribution in [0.3, 0.4) is 0 Å². The number of fused-ring (bicyclic) bond motifs is 1. The Hall–Kier alpha value is -2.48. The van der Waals surface area contributed by atoms with E-state index >= 15 is 0 Å². The summed E-state index contributed by atoms with van der Waals surface area (Å²) in [5.74, 6) is -0.471. The summed E-state index contributed by atoms with van der Waals surface area (Å²) in [7, 11) is 0. The summed E-state index contributed by atoms with van der Waals surface area (Å²) in [6.07, 6.45) is -1.83. The van der Waals surface area contributed by atoms with Crippen molar-refractivity contribution in [1.82, 2.24) is 9.97 Å². The summed E-state index contributed by atoms with van der Waals surface area (Å²) in [5.41, 5.74) is -0.834. The van der Waals surface area contributed by atoms with Gasteiger partial charge in [-0.15, -0.1) is 11.3 Å². The monoisotopic (exact) mass is 323 g/mol. The molecule has 0 aliphatic rings. The zero-order valence-corrected chi connectivity index (χ0v) is 11.7. The van der Waals surface area contributed by atoms with E-state index in [0.717, 1.165) is 12.3 Å². The van der Waals surface area contributed by atoms with Crippen LogP contribution in [-0.4, -0.2) is 15.9 Å². The molecule has 1 N–H and O–H groups in total. The van der Waals surface area contributed by atoms with E-state index in [4.69, 9.17) is 0 Å². The lowest BCUT2D eigenvalue weighted by Gasteiger charge is -2.10. The largest absolute Gasteiger partial charge is 0.418 e. The normalized spacial score (nSPS) is 11.6. The SMILES string of the molecule is O=C(Nc1nccs1)c1cnc2c(C(F)(F)F)cccc2c1. The molecule has 4 nitrogen and oxygen atoms in total. The second-order valence-corrected chi connectivity index (χ2v) is 5.28. The number of hydrogen-bond donors (Lipinski definition) is 1. The van der Waals surface area contributed by atoms with Gasteiger partial charge in [0.25, 0.3) is 5.91 Å². The predicted molar refractivity (Wildman–Crippen MR) is 76.8 cm³/mol. The van der Waals surface area contributed by atoms with Crippen molar-refractivity contribution in [3.8, 4) is 0 Å². The van der Waals surface area contributed by atoms with Crippen molar-refractivity contribution in [2.24, 2.45) is 0 Å². The molecule has 3 aromatic rings. The summed E-state index contributed by atoms with van der Waals surface area (Å²) >= 11 is 1.24. The van der Waals surface area contributed by atoms with Crippen LogP contribution in [0.15, 0.2) is 42.0 Å². The van der Waals surface area contributed by atoms with Gasteiger partial charge in [-0.1, -0.05) is 12.1 Å². The van der Waals surface area contributed by atoms with Crippen molar-refractivity contribution in [3.05, 3.63) is 53.2 Å². The second-order valence-electron chi connectivity index (χ2n) is 4.39. The van der Waals surface area contributed by atoms with Gasteiger partial charge in [0.2, 0.25) is 0 Å². The third-order valence-corrected chi connectivity index (χ3v) is 3.62. The molecule has 0 radical (unpaired) electrons. The number of anilines is 1. The fourth-order valence-corrected chi connectivity index (χ4v) is 2.49. The summed E-state index contributed by atoms with van der Waals surface area (Å²) in [4.78, 5) is 19.7. The maximum absolute atomic E-state index is 12.9. The molecule has 3 rings (SSSR count). The molecular weight excluding hydrogens is 315 g/mol.